The third kappa shape index (κ3) is 2.94. The number of carbonyl (C=O) groups excluding carboxylic acids is 1. The van der Waals surface area contributed by atoms with Crippen LogP contribution >= 0.6 is 0 Å². The molecule has 0 saturated carbocycles. The summed E-state index contributed by atoms with van der Waals surface area (Å²) in [4.78, 5) is 14.0. The molecule has 1 amide bonds. The monoisotopic (exact) mass is 376 g/mol. The summed E-state index contributed by atoms with van der Waals surface area (Å²) in [5.41, 5.74) is 2.62. The summed E-state index contributed by atoms with van der Waals surface area (Å²) in [5.74, 6) is -0.103. The third-order valence-electron chi connectivity index (χ3n) is 4.88. The van der Waals surface area contributed by atoms with E-state index in [9.17, 15) is 18.3 Å². The molecular weight excluding hydrogens is 356 g/mol. The number of hydrogen-bond acceptors (Lipinski definition) is 5. The Labute approximate surface area is 151 Å². The number of rotatable bonds is 4. The first-order valence-corrected chi connectivity index (χ1v) is 9.91. The number of hydrogen-bond donors (Lipinski definition) is 1. The van der Waals surface area contributed by atoms with Gasteiger partial charge in [-0.25, -0.2) is 8.42 Å². The first kappa shape index (κ1) is 17.3. The molecular formula is C18H20N2O5S. The minimum atomic E-state index is -3.60. The normalized spacial score (nSPS) is 19.4. The van der Waals surface area contributed by atoms with Gasteiger partial charge in [-0.15, -0.1) is 0 Å². The molecule has 0 radical (unpaired) electrons. The fraction of sp³-hybridized carbons (Fsp3) is 0.389. The Morgan fingerprint density at radius 1 is 1.19 bits per heavy atom. The average Bonchev–Trinajstić information content (AvgIpc) is 3.27. The lowest BCUT2D eigenvalue weighted by molar-refractivity contribution is -0.131. The van der Waals surface area contributed by atoms with E-state index in [1.807, 2.05) is 0 Å². The summed E-state index contributed by atoms with van der Waals surface area (Å²) >= 11 is 0. The van der Waals surface area contributed by atoms with Crippen molar-refractivity contribution in [2.24, 2.45) is 0 Å². The van der Waals surface area contributed by atoms with Gasteiger partial charge in [-0.2, -0.15) is 4.31 Å². The van der Waals surface area contributed by atoms with E-state index in [4.69, 9.17) is 4.42 Å². The predicted octanol–water partition coefficient (Wildman–Crippen LogP) is 1.35. The van der Waals surface area contributed by atoms with Crippen molar-refractivity contribution < 1.29 is 22.7 Å². The molecule has 3 heterocycles. The maximum Gasteiger partial charge on any atom is 0.243 e. The third-order valence-corrected chi connectivity index (χ3v) is 6.67. The van der Waals surface area contributed by atoms with Crippen LogP contribution in [0.5, 0.6) is 0 Å². The van der Waals surface area contributed by atoms with Crippen LogP contribution in [-0.4, -0.2) is 60.9 Å². The fourth-order valence-corrected chi connectivity index (χ4v) is 4.99. The van der Waals surface area contributed by atoms with Crippen LogP contribution in [0.1, 0.15) is 13.3 Å². The highest BCUT2D eigenvalue weighted by molar-refractivity contribution is 7.89. The van der Waals surface area contributed by atoms with E-state index in [0.717, 1.165) is 16.5 Å². The van der Waals surface area contributed by atoms with Crippen LogP contribution < -0.4 is 0 Å². The topological polar surface area (TPSA) is 91.1 Å². The molecule has 0 fully saturated rings. The number of carbonyl (C=O) groups is 1. The Bertz CT molecular complexity index is 988. The molecule has 2 aromatic rings. The van der Waals surface area contributed by atoms with Crippen molar-refractivity contribution in [1.82, 2.24) is 9.21 Å². The minimum absolute atomic E-state index is 0.0906. The molecule has 1 aromatic carbocycles. The summed E-state index contributed by atoms with van der Waals surface area (Å²) in [6.07, 6.45) is 0.951. The maximum atomic E-state index is 12.9. The van der Waals surface area contributed by atoms with Crippen molar-refractivity contribution in [1.29, 1.82) is 0 Å². The Morgan fingerprint density at radius 2 is 1.88 bits per heavy atom. The van der Waals surface area contributed by atoms with E-state index in [-0.39, 0.29) is 17.2 Å². The zero-order valence-corrected chi connectivity index (χ0v) is 15.2. The number of fused-ring (bicyclic) bond motifs is 1. The van der Waals surface area contributed by atoms with Gasteiger partial charge in [0, 0.05) is 31.6 Å². The van der Waals surface area contributed by atoms with Gasteiger partial charge in [-0.3, -0.25) is 4.79 Å². The van der Waals surface area contributed by atoms with Gasteiger partial charge in [-0.1, -0.05) is 0 Å². The standard InChI is InChI=1S/C18H20N2O5S/c1-12(21)6-18(22)19-8-14-10-20(11-15(14)9-19)26(23,24)16-2-3-17-13(7-16)4-5-25-17/h2-5,7,12,21H,6,8-11H2,1H3. The molecule has 2 aliphatic heterocycles. The summed E-state index contributed by atoms with van der Waals surface area (Å²) in [5, 5.41) is 10.1. The molecule has 0 spiro atoms. The number of benzene rings is 1. The van der Waals surface area contributed by atoms with E-state index in [2.05, 4.69) is 0 Å². The van der Waals surface area contributed by atoms with Gasteiger partial charge in [0.05, 0.1) is 23.7 Å². The molecule has 0 saturated heterocycles. The van der Waals surface area contributed by atoms with Crippen molar-refractivity contribution in [2.75, 3.05) is 26.2 Å². The Morgan fingerprint density at radius 3 is 2.54 bits per heavy atom. The lowest BCUT2D eigenvalue weighted by Gasteiger charge is -2.23. The summed E-state index contributed by atoms with van der Waals surface area (Å²) < 4.78 is 32.6. The smallest absolute Gasteiger partial charge is 0.243 e. The molecule has 26 heavy (non-hydrogen) atoms. The first-order valence-electron chi connectivity index (χ1n) is 8.47. The van der Waals surface area contributed by atoms with E-state index >= 15 is 0 Å². The van der Waals surface area contributed by atoms with Crippen LogP contribution in [0.25, 0.3) is 11.0 Å². The van der Waals surface area contributed by atoms with E-state index in [0.29, 0.717) is 31.8 Å². The second-order valence-electron chi connectivity index (χ2n) is 6.90. The minimum Gasteiger partial charge on any atom is -0.464 e. The lowest BCUT2D eigenvalue weighted by atomic mass is 10.2. The molecule has 1 aromatic heterocycles. The zero-order chi connectivity index (χ0) is 18.5. The van der Waals surface area contributed by atoms with Gasteiger partial charge in [-0.05, 0) is 42.3 Å². The number of aliphatic hydroxyl groups excluding tert-OH is 1. The molecule has 8 heteroatoms. The fourth-order valence-electron chi connectivity index (χ4n) is 3.53. The molecule has 138 valence electrons. The van der Waals surface area contributed by atoms with E-state index in [1.165, 1.54) is 10.6 Å². The molecule has 1 N–H and O–H groups in total. The molecule has 7 nitrogen and oxygen atoms in total. The van der Waals surface area contributed by atoms with Crippen LogP contribution in [0.4, 0.5) is 0 Å². The molecule has 0 bridgehead atoms. The maximum absolute atomic E-state index is 12.9. The molecule has 4 rings (SSSR count). The average molecular weight is 376 g/mol. The number of furan rings is 1. The van der Waals surface area contributed by atoms with Crippen molar-refractivity contribution in [3.63, 3.8) is 0 Å². The first-order chi connectivity index (χ1) is 12.3. The Hall–Kier alpha value is -2.16. The lowest BCUT2D eigenvalue weighted by Crippen LogP contribution is -2.37. The predicted molar refractivity (Wildman–Crippen MR) is 94.9 cm³/mol. The van der Waals surface area contributed by atoms with Crippen molar-refractivity contribution in [3.05, 3.63) is 41.7 Å². The van der Waals surface area contributed by atoms with Gasteiger partial charge < -0.3 is 14.4 Å². The largest absolute Gasteiger partial charge is 0.464 e. The summed E-state index contributed by atoms with van der Waals surface area (Å²) in [7, 11) is -3.60. The Balaban J connectivity index is 1.48. The summed E-state index contributed by atoms with van der Waals surface area (Å²) in [6, 6.07) is 6.58. The highest BCUT2D eigenvalue weighted by atomic mass is 32.2. The van der Waals surface area contributed by atoms with Crippen molar-refractivity contribution in [2.45, 2.75) is 24.3 Å². The van der Waals surface area contributed by atoms with Gasteiger partial charge >= 0.3 is 0 Å². The summed E-state index contributed by atoms with van der Waals surface area (Å²) in [6.45, 7) is 3.07. The molecule has 1 atom stereocenters. The van der Waals surface area contributed by atoms with Gasteiger partial charge in [0.2, 0.25) is 15.9 Å². The van der Waals surface area contributed by atoms with E-state index < -0.39 is 16.1 Å². The number of aliphatic hydroxyl groups is 1. The number of sulfonamides is 1. The highest BCUT2D eigenvalue weighted by Gasteiger charge is 2.37. The van der Waals surface area contributed by atoms with Crippen LogP contribution in [0, 0.1) is 0 Å². The highest BCUT2D eigenvalue weighted by Crippen LogP contribution is 2.31. The van der Waals surface area contributed by atoms with Crippen LogP contribution in [-0.2, 0) is 14.8 Å². The van der Waals surface area contributed by atoms with Crippen molar-refractivity contribution in [3.8, 4) is 0 Å². The molecule has 0 aliphatic carbocycles. The van der Waals surface area contributed by atoms with Crippen LogP contribution in [0.15, 0.2) is 51.0 Å². The van der Waals surface area contributed by atoms with Crippen LogP contribution in [0.3, 0.4) is 0 Å². The number of nitrogens with zero attached hydrogens (tertiary/aromatic N) is 2. The van der Waals surface area contributed by atoms with E-state index in [1.54, 1.807) is 36.1 Å². The molecule has 2 aliphatic rings. The number of amides is 1. The zero-order valence-electron chi connectivity index (χ0n) is 14.4. The second-order valence-corrected chi connectivity index (χ2v) is 8.84. The van der Waals surface area contributed by atoms with Gasteiger partial charge in [0.25, 0.3) is 0 Å². The van der Waals surface area contributed by atoms with Crippen molar-refractivity contribution >= 4 is 26.9 Å². The second kappa shape index (κ2) is 6.22. The SMILES string of the molecule is CC(O)CC(=O)N1CC2=C(C1)CN(S(=O)(=O)c1ccc3occc3c1)C2. The van der Waals surface area contributed by atoms with Gasteiger partial charge in [0.15, 0.2) is 0 Å². The van der Waals surface area contributed by atoms with Crippen LogP contribution in [0.2, 0.25) is 0 Å². The molecule has 1 unspecified atom stereocenters. The van der Waals surface area contributed by atoms with Gasteiger partial charge in [0.1, 0.15) is 5.58 Å². The Kier molecular flexibility index (Phi) is 4.13. The quantitative estimate of drug-likeness (QED) is 0.814.